The predicted molar refractivity (Wildman–Crippen MR) is 59.3 cm³/mol. The van der Waals surface area contributed by atoms with Crippen molar-refractivity contribution in [2.45, 2.75) is 25.5 Å². The molecule has 5 nitrogen and oxygen atoms in total. The molecule has 1 rings (SSSR count). The van der Waals surface area contributed by atoms with Crippen molar-refractivity contribution in [2.24, 2.45) is 0 Å². The van der Waals surface area contributed by atoms with E-state index >= 15 is 0 Å². The summed E-state index contributed by atoms with van der Waals surface area (Å²) in [5.74, 6) is 0.0521. The van der Waals surface area contributed by atoms with Gasteiger partial charge in [0.2, 0.25) is 10.0 Å². The third-order valence-corrected chi connectivity index (χ3v) is 4.90. The molecule has 2 unspecified atom stereocenters. The van der Waals surface area contributed by atoms with E-state index in [0.29, 0.717) is 0 Å². The number of likely N-dealkylation sites (N-methyl/N-ethyl adjacent to an activating group) is 1. The molecule has 0 aromatic heterocycles. The molecule has 1 N–H and O–H groups in total. The molecule has 1 aliphatic heterocycles. The normalized spacial score (nSPS) is 24.7. The van der Waals surface area contributed by atoms with Gasteiger partial charge in [0.25, 0.3) is 0 Å². The summed E-state index contributed by atoms with van der Waals surface area (Å²) in [4.78, 5) is 0. The molecule has 0 saturated carbocycles. The van der Waals surface area contributed by atoms with E-state index in [1.807, 2.05) is 0 Å². The lowest BCUT2D eigenvalue weighted by atomic mass is 10.3. The minimum absolute atomic E-state index is 0.0521. The largest absolute Gasteiger partial charge is 0.381 e. The standard InChI is InChI=1S/C9H20N2O3S/c1-8(14-3)7-15(12,13)11(2)9-4-5-10-6-9/h8-10H,4-7H2,1-3H3. The lowest BCUT2D eigenvalue weighted by Gasteiger charge is -2.24. The summed E-state index contributed by atoms with van der Waals surface area (Å²) in [5, 5.41) is 3.16. The minimum Gasteiger partial charge on any atom is -0.381 e. The zero-order valence-electron chi connectivity index (χ0n) is 9.56. The number of nitrogens with one attached hydrogen (secondary N) is 1. The minimum atomic E-state index is -3.19. The lowest BCUT2D eigenvalue weighted by molar-refractivity contribution is 0.135. The molecule has 0 aromatic carbocycles. The SMILES string of the molecule is COC(C)CS(=O)(=O)N(C)C1CCNC1. The Balaban J connectivity index is 2.59. The molecule has 90 valence electrons. The van der Waals surface area contributed by atoms with Crippen molar-refractivity contribution in [3.8, 4) is 0 Å². The summed E-state index contributed by atoms with van der Waals surface area (Å²) in [5.41, 5.74) is 0. The van der Waals surface area contributed by atoms with Gasteiger partial charge < -0.3 is 10.1 Å². The van der Waals surface area contributed by atoms with Crippen LogP contribution in [0, 0.1) is 0 Å². The molecule has 1 aliphatic rings. The van der Waals surface area contributed by atoms with Crippen molar-refractivity contribution >= 4 is 10.0 Å². The van der Waals surface area contributed by atoms with Crippen LogP contribution in [0.1, 0.15) is 13.3 Å². The van der Waals surface area contributed by atoms with Gasteiger partial charge in [-0.15, -0.1) is 0 Å². The molecular weight excluding hydrogens is 216 g/mol. The molecule has 0 bridgehead atoms. The quantitative estimate of drug-likeness (QED) is 0.708. The van der Waals surface area contributed by atoms with Crippen molar-refractivity contribution < 1.29 is 13.2 Å². The molecule has 0 radical (unpaired) electrons. The molecule has 1 heterocycles. The summed E-state index contributed by atoms with van der Waals surface area (Å²) in [6.07, 6.45) is 0.628. The Labute approximate surface area is 91.8 Å². The van der Waals surface area contributed by atoms with Crippen LogP contribution in [0.3, 0.4) is 0 Å². The average molecular weight is 236 g/mol. The molecule has 0 spiro atoms. The summed E-state index contributed by atoms with van der Waals surface area (Å²) < 4.78 is 30.3. The fourth-order valence-corrected chi connectivity index (χ4v) is 3.26. The highest BCUT2D eigenvalue weighted by atomic mass is 32.2. The second kappa shape index (κ2) is 5.25. The third-order valence-electron chi connectivity index (χ3n) is 2.83. The number of hydrogen-bond donors (Lipinski definition) is 1. The van der Waals surface area contributed by atoms with Crippen LogP contribution in [0.4, 0.5) is 0 Å². The van der Waals surface area contributed by atoms with E-state index in [2.05, 4.69) is 5.32 Å². The summed E-state index contributed by atoms with van der Waals surface area (Å²) in [7, 11) is -0.0134. The lowest BCUT2D eigenvalue weighted by Crippen LogP contribution is -2.41. The van der Waals surface area contributed by atoms with Gasteiger partial charge in [0.15, 0.2) is 0 Å². The van der Waals surface area contributed by atoms with Gasteiger partial charge in [-0.1, -0.05) is 0 Å². The van der Waals surface area contributed by atoms with Crippen molar-refractivity contribution in [1.82, 2.24) is 9.62 Å². The Morgan fingerprint density at radius 1 is 1.60 bits per heavy atom. The van der Waals surface area contributed by atoms with Gasteiger partial charge in [-0.25, -0.2) is 12.7 Å². The average Bonchev–Trinajstić information content (AvgIpc) is 2.68. The van der Waals surface area contributed by atoms with Crippen LogP contribution >= 0.6 is 0 Å². The molecule has 1 saturated heterocycles. The van der Waals surface area contributed by atoms with E-state index in [1.54, 1.807) is 14.0 Å². The summed E-state index contributed by atoms with van der Waals surface area (Å²) >= 11 is 0. The van der Waals surface area contributed by atoms with Gasteiger partial charge in [0.05, 0.1) is 11.9 Å². The topological polar surface area (TPSA) is 58.6 Å². The van der Waals surface area contributed by atoms with E-state index in [4.69, 9.17) is 4.74 Å². The maximum absolute atomic E-state index is 11.9. The number of sulfonamides is 1. The van der Waals surface area contributed by atoms with Gasteiger partial charge >= 0.3 is 0 Å². The smallest absolute Gasteiger partial charge is 0.216 e. The van der Waals surface area contributed by atoms with Crippen LogP contribution in [0.5, 0.6) is 0 Å². The van der Waals surface area contributed by atoms with E-state index < -0.39 is 10.0 Å². The number of rotatable bonds is 5. The van der Waals surface area contributed by atoms with Crippen molar-refractivity contribution in [1.29, 1.82) is 0 Å². The van der Waals surface area contributed by atoms with Crippen LogP contribution in [0.15, 0.2) is 0 Å². The molecule has 1 fully saturated rings. The maximum Gasteiger partial charge on any atom is 0.216 e. The van der Waals surface area contributed by atoms with E-state index in [-0.39, 0.29) is 17.9 Å². The Morgan fingerprint density at radius 3 is 2.73 bits per heavy atom. The Morgan fingerprint density at radius 2 is 2.27 bits per heavy atom. The zero-order valence-corrected chi connectivity index (χ0v) is 10.4. The number of nitrogens with zero attached hydrogens (tertiary/aromatic N) is 1. The summed E-state index contributed by atoms with van der Waals surface area (Å²) in [6, 6.07) is 0.0963. The zero-order chi connectivity index (χ0) is 11.5. The first-order valence-electron chi connectivity index (χ1n) is 5.16. The fourth-order valence-electron chi connectivity index (χ4n) is 1.66. The number of hydrogen-bond acceptors (Lipinski definition) is 4. The third kappa shape index (κ3) is 3.41. The monoisotopic (exact) mass is 236 g/mol. The number of ether oxygens (including phenoxy) is 1. The maximum atomic E-state index is 11.9. The first kappa shape index (κ1) is 12.9. The predicted octanol–water partition coefficient (Wildman–Crippen LogP) is -0.355. The summed E-state index contributed by atoms with van der Waals surface area (Å²) in [6.45, 7) is 3.40. The first-order chi connectivity index (χ1) is 6.97. The molecule has 15 heavy (non-hydrogen) atoms. The van der Waals surface area contributed by atoms with Crippen LogP contribution < -0.4 is 5.32 Å². The van der Waals surface area contributed by atoms with Crippen LogP contribution in [-0.4, -0.2) is 57.9 Å². The van der Waals surface area contributed by atoms with Crippen molar-refractivity contribution in [3.63, 3.8) is 0 Å². The molecular formula is C9H20N2O3S. The van der Waals surface area contributed by atoms with Crippen LogP contribution in [-0.2, 0) is 14.8 Å². The second-order valence-corrected chi connectivity index (χ2v) is 6.06. The number of methoxy groups -OCH3 is 1. The molecule has 2 atom stereocenters. The van der Waals surface area contributed by atoms with Gasteiger partial charge in [-0.05, 0) is 19.9 Å². The molecule has 0 aliphatic carbocycles. The van der Waals surface area contributed by atoms with Crippen LogP contribution in [0.2, 0.25) is 0 Å². The highest BCUT2D eigenvalue weighted by Gasteiger charge is 2.29. The Kier molecular flexibility index (Phi) is 4.51. The second-order valence-electron chi connectivity index (χ2n) is 3.99. The van der Waals surface area contributed by atoms with Crippen molar-refractivity contribution in [2.75, 3.05) is 33.0 Å². The molecule has 6 heteroatoms. The molecule has 0 aromatic rings. The Hall–Kier alpha value is -0.170. The van der Waals surface area contributed by atoms with Gasteiger partial charge in [-0.3, -0.25) is 0 Å². The first-order valence-corrected chi connectivity index (χ1v) is 6.77. The highest BCUT2D eigenvalue weighted by molar-refractivity contribution is 7.89. The van der Waals surface area contributed by atoms with E-state index in [1.165, 1.54) is 11.4 Å². The van der Waals surface area contributed by atoms with Crippen LogP contribution in [0.25, 0.3) is 0 Å². The Bertz CT molecular complexity index is 286. The van der Waals surface area contributed by atoms with E-state index in [9.17, 15) is 8.42 Å². The van der Waals surface area contributed by atoms with Gasteiger partial charge in [0, 0.05) is 26.7 Å². The fraction of sp³-hybridized carbons (Fsp3) is 1.00. The highest BCUT2D eigenvalue weighted by Crippen LogP contribution is 2.12. The van der Waals surface area contributed by atoms with Gasteiger partial charge in [0.1, 0.15) is 0 Å². The van der Waals surface area contributed by atoms with E-state index in [0.717, 1.165) is 19.5 Å². The van der Waals surface area contributed by atoms with Crippen molar-refractivity contribution in [3.05, 3.63) is 0 Å². The molecule has 0 amide bonds. The van der Waals surface area contributed by atoms with Gasteiger partial charge in [-0.2, -0.15) is 0 Å².